The molecule has 4 aromatic rings. The predicted molar refractivity (Wildman–Crippen MR) is 135 cm³/mol. The van der Waals surface area contributed by atoms with E-state index < -0.39 is 0 Å². The Labute approximate surface area is 196 Å². The van der Waals surface area contributed by atoms with Crippen LogP contribution in [0, 0.1) is 0 Å². The number of aromatic amines is 1. The Morgan fingerprint density at radius 1 is 1.03 bits per heavy atom. The number of nitrogens with zero attached hydrogens (tertiary/aromatic N) is 4. The number of nitrogens with two attached hydrogens (primary N) is 1. The van der Waals surface area contributed by atoms with Crippen molar-refractivity contribution in [1.82, 2.24) is 19.9 Å². The molecule has 0 unspecified atom stereocenters. The number of fused-ring (bicyclic) bond motifs is 3. The average molecular weight is 464 g/mol. The summed E-state index contributed by atoms with van der Waals surface area (Å²) in [6.45, 7) is 3.14. The Kier molecular flexibility index (Phi) is 5.51. The van der Waals surface area contributed by atoms with Crippen molar-refractivity contribution in [3.05, 3.63) is 42.7 Å². The van der Waals surface area contributed by atoms with Crippen LogP contribution in [0.1, 0.15) is 0 Å². The molecule has 0 saturated carbocycles. The van der Waals surface area contributed by atoms with Crippen molar-refractivity contribution in [3.8, 4) is 11.5 Å². The van der Waals surface area contributed by atoms with Crippen molar-refractivity contribution in [3.63, 3.8) is 0 Å². The lowest BCUT2D eigenvalue weighted by Crippen LogP contribution is -2.50. The number of H-pyrrole nitrogens is 1. The smallest absolute Gasteiger partial charge is 0.173 e. The van der Waals surface area contributed by atoms with E-state index in [9.17, 15) is 0 Å². The first kappa shape index (κ1) is 21.1. The molecule has 0 amide bonds. The largest absolute Gasteiger partial charge is 0.493 e. The fourth-order valence-corrected chi connectivity index (χ4v) is 4.47. The lowest BCUT2D eigenvalue weighted by atomic mass is 10.1. The third kappa shape index (κ3) is 3.93. The van der Waals surface area contributed by atoms with Gasteiger partial charge >= 0.3 is 0 Å². The van der Waals surface area contributed by atoms with Gasteiger partial charge in [0.15, 0.2) is 16.6 Å². The van der Waals surface area contributed by atoms with Crippen LogP contribution >= 0.6 is 12.2 Å². The maximum Gasteiger partial charge on any atom is 0.173 e. The van der Waals surface area contributed by atoms with E-state index in [0.717, 1.165) is 65.3 Å². The first-order valence-electron chi connectivity index (χ1n) is 10.6. The van der Waals surface area contributed by atoms with Crippen LogP contribution in [0.5, 0.6) is 11.5 Å². The van der Waals surface area contributed by atoms with Crippen LogP contribution in [0.25, 0.3) is 21.9 Å². The highest BCUT2D eigenvalue weighted by atomic mass is 32.1. The molecule has 0 atom stereocenters. The summed E-state index contributed by atoms with van der Waals surface area (Å²) in [5.41, 5.74) is 9.13. The third-order valence-electron chi connectivity index (χ3n) is 5.90. The van der Waals surface area contributed by atoms with Gasteiger partial charge in [0, 0.05) is 49.0 Å². The summed E-state index contributed by atoms with van der Waals surface area (Å²) in [7, 11) is 3.26. The van der Waals surface area contributed by atoms with Crippen molar-refractivity contribution < 1.29 is 9.47 Å². The quantitative estimate of drug-likeness (QED) is 0.311. The summed E-state index contributed by atoms with van der Waals surface area (Å²) in [5.74, 6) is 2.24. The number of ether oxygens (including phenoxy) is 2. The van der Waals surface area contributed by atoms with Gasteiger partial charge in [0.2, 0.25) is 0 Å². The van der Waals surface area contributed by atoms with E-state index in [1.54, 1.807) is 20.5 Å². The summed E-state index contributed by atoms with van der Waals surface area (Å²) in [5, 5.41) is 5.98. The minimum atomic E-state index is 0.668. The molecular formula is C23H25N7O2S. The molecule has 1 aliphatic rings. The molecule has 0 bridgehead atoms. The van der Waals surface area contributed by atoms with Gasteiger partial charge in [-0.25, -0.2) is 9.97 Å². The van der Waals surface area contributed by atoms with Crippen LogP contribution in [0.4, 0.5) is 17.2 Å². The molecule has 4 N–H and O–H groups in total. The number of nitrogens with one attached hydrogen (secondary N) is 2. The van der Waals surface area contributed by atoms with E-state index in [1.165, 1.54) is 0 Å². The van der Waals surface area contributed by atoms with Crippen LogP contribution in [-0.2, 0) is 0 Å². The maximum absolute atomic E-state index is 5.77. The van der Waals surface area contributed by atoms with Crippen molar-refractivity contribution in [1.29, 1.82) is 0 Å². The number of rotatable bonds is 4. The number of benzene rings is 2. The summed E-state index contributed by atoms with van der Waals surface area (Å²) < 4.78 is 11.0. The zero-order chi connectivity index (χ0) is 22.9. The van der Waals surface area contributed by atoms with Gasteiger partial charge in [-0.05, 0) is 42.5 Å². The zero-order valence-electron chi connectivity index (χ0n) is 18.5. The molecule has 0 radical (unpaired) electrons. The molecule has 3 heterocycles. The van der Waals surface area contributed by atoms with Crippen LogP contribution < -0.4 is 25.4 Å². The highest BCUT2D eigenvalue weighted by Gasteiger charge is 2.24. The molecule has 2 aromatic carbocycles. The zero-order valence-corrected chi connectivity index (χ0v) is 19.3. The fourth-order valence-electron chi connectivity index (χ4n) is 4.17. The van der Waals surface area contributed by atoms with Gasteiger partial charge in [0.1, 0.15) is 17.8 Å². The summed E-state index contributed by atoms with van der Waals surface area (Å²) in [6, 6.07) is 11.5. The highest BCUT2D eigenvalue weighted by molar-refractivity contribution is 7.80. The first-order valence-corrected chi connectivity index (χ1v) is 11.0. The molecule has 9 nitrogen and oxygen atoms in total. The molecule has 1 fully saturated rings. The normalized spacial score (nSPS) is 14.0. The van der Waals surface area contributed by atoms with E-state index in [4.69, 9.17) is 27.4 Å². The predicted octanol–water partition coefficient (Wildman–Crippen LogP) is 3.23. The van der Waals surface area contributed by atoms with E-state index in [-0.39, 0.29) is 0 Å². The second-order valence-corrected chi connectivity index (χ2v) is 8.21. The van der Waals surface area contributed by atoms with Gasteiger partial charge in [-0.3, -0.25) is 0 Å². The molecular weight excluding hydrogens is 438 g/mol. The van der Waals surface area contributed by atoms with Crippen molar-refractivity contribution in [2.45, 2.75) is 0 Å². The molecule has 10 heteroatoms. The summed E-state index contributed by atoms with van der Waals surface area (Å²) >= 11 is 5.63. The number of thiocarbonyl (C=S) groups is 1. The first-order chi connectivity index (χ1) is 16.1. The van der Waals surface area contributed by atoms with Crippen LogP contribution in [0.3, 0.4) is 0 Å². The lowest BCUT2D eigenvalue weighted by molar-refractivity contribution is 0.356. The number of hydrogen-bond donors (Lipinski definition) is 3. The van der Waals surface area contributed by atoms with Crippen molar-refractivity contribution >= 4 is 56.5 Å². The number of hydrogen-bond acceptors (Lipinski definition) is 7. The second-order valence-electron chi connectivity index (χ2n) is 7.82. The summed E-state index contributed by atoms with van der Waals surface area (Å²) in [6.07, 6.45) is 1.60. The molecule has 1 aliphatic heterocycles. The molecule has 0 spiro atoms. The van der Waals surface area contributed by atoms with Crippen molar-refractivity contribution in [2.24, 2.45) is 0 Å². The number of methoxy groups -OCH3 is 2. The molecule has 5 rings (SSSR count). The number of aromatic nitrogens is 3. The van der Waals surface area contributed by atoms with E-state index in [0.29, 0.717) is 16.6 Å². The number of anilines is 3. The topological polar surface area (TPSA) is 105 Å². The highest BCUT2D eigenvalue weighted by Crippen LogP contribution is 2.38. The average Bonchev–Trinajstić information content (AvgIpc) is 3.22. The van der Waals surface area contributed by atoms with Crippen LogP contribution in [0.15, 0.2) is 42.7 Å². The SMILES string of the molecule is COc1cc2[nH]c3ncnc(N4CCN(C(=S)Nc5ccc(N)cc5)CC4)c3c2cc1OC. The lowest BCUT2D eigenvalue weighted by Gasteiger charge is -2.37. The van der Waals surface area contributed by atoms with Gasteiger partial charge in [-0.15, -0.1) is 0 Å². The van der Waals surface area contributed by atoms with Crippen LogP contribution in [-0.4, -0.2) is 65.4 Å². The van der Waals surface area contributed by atoms with Gasteiger partial charge in [-0.2, -0.15) is 0 Å². The third-order valence-corrected chi connectivity index (χ3v) is 6.26. The Bertz CT molecular complexity index is 1310. The number of nitrogen functional groups attached to an aromatic ring is 1. The fraction of sp³-hybridized carbons (Fsp3) is 0.261. The molecule has 33 heavy (non-hydrogen) atoms. The summed E-state index contributed by atoms with van der Waals surface area (Å²) in [4.78, 5) is 16.9. The Morgan fingerprint density at radius 3 is 2.42 bits per heavy atom. The van der Waals surface area contributed by atoms with E-state index >= 15 is 0 Å². The Morgan fingerprint density at radius 2 is 1.73 bits per heavy atom. The Balaban J connectivity index is 1.38. The van der Waals surface area contributed by atoms with Gasteiger partial charge in [0.05, 0.1) is 25.1 Å². The minimum absolute atomic E-state index is 0.668. The molecule has 0 aliphatic carbocycles. The van der Waals surface area contributed by atoms with Crippen molar-refractivity contribution in [2.75, 3.05) is 56.3 Å². The monoisotopic (exact) mass is 463 g/mol. The Hall–Kier alpha value is -3.79. The van der Waals surface area contributed by atoms with E-state index in [1.807, 2.05) is 36.4 Å². The standard InChI is InChI=1S/C23H25N7O2S/c1-31-18-11-16-17(12-19(18)32-2)28-21-20(16)22(26-13-25-21)29-7-9-30(10-8-29)23(33)27-15-5-3-14(24)4-6-15/h3-6,11-13H,7-10,24H2,1-2H3,(H,27,33)(H,25,26,28). The van der Waals surface area contributed by atoms with E-state index in [2.05, 4.69) is 30.1 Å². The molecule has 2 aromatic heterocycles. The van der Waals surface area contributed by atoms with Gasteiger partial charge < -0.3 is 35.3 Å². The van der Waals surface area contributed by atoms with Crippen LogP contribution in [0.2, 0.25) is 0 Å². The maximum atomic E-state index is 5.77. The number of piperazine rings is 1. The molecule has 1 saturated heterocycles. The molecule has 170 valence electrons. The van der Waals surface area contributed by atoms with Gasteiger partial charge in [-0.1, -0.05) is 0 Å². The minimum Gasteiger partial charge on any atom is -0.493 e. The van der Waals surface area contributed by atoms with Gasteiger partial charge in [0.25, 0.3) is 0 Å². The second kappa shape index (κ2) is 8.62.